The Morgan fingerprint density at radius 1 is 1.11 bits per heavy atom. The zero-order chi connectivity index (χ0) is 20.7. The van der Waals surface area contributed by atoms with Crippen LogP contribution in [0.3, 0.4) is 0 Å². The summed E-state index contributed by atoms with van der Waals surface area (Å²) in [5.74, 6) is -0.451. The third kappa shape index (κ3) is 5.61. The first-order chi connectivity index (χ1) is 13.4. The van der Waals surface area contributed by atoms with Gasteiger partial charge in [0.25, 0.3) is 5.91 Å². The van der Waals surface area contributed by atoms with Crippen molar-refractivity contribution in [1.29, 1.82) is 0 Å². The van der Waals surface area contributed by atoms with Crippen molar-refractivity contribution in [3.63, 3.8) is 0 Å². The molecule has 2 atom stereocenters. The fourth-order valence-electron chi connectivity index (χ4n) is 3.16. The summed E-state index contributed by atoms with van der Waals surface area (Å²) >= 11 is 5.88. The molecule has 0 saturated carbocycles. The molecule has 0 radical (unpaired) electrons. The van der Waals surface area contributed by atoms with Gasteiger partial charge in [0.05, 0.1) is 7.11 Å². The van der Waals surface area contributed by atoms with E-state index in [0.29, 0.717) is 43.2 Å². The lowest BCUT2D eigenvalue weighted by molar-refractivity contribution is -0.134. The smallest absolute Gasteiger partial charge is 0.409 e. The zero-order valence-corrected chi connectivity index (χ0v) is 17.4. The largest absolute Gasteiger partial charge is 0.453 e. The predicted octanol–water partition coefficient (Wildman–Crippen LogP) is 2.79. The maximum atomic E-state index is 13.2. The van der Waals surface area contributed by atoms with Crippen molar-refractivity contribution >= 4 is 29.5 Å². The summed E-state index contributed by atoms with van der Waals surface area (Å²) in [4.78, 5) is 40.9. The Hall–Kier alpha value is -2.28. The highest BCUT2D eigenvalue weighted by molar-refractivity contribution is 6.30. The summed E-state index contributed by atoms with van der Waals surface area (Å²) in [6, 6.07) is 5.93. The lowest BCUT2D eigenvalue weighted by Gasteiger charge is -2.30. The van der Waals surface area contributed by atoms with Gasteiger partial charge in [0.1, 0.15) is 6.04 Å². The normalized spacial score (nSPS) is 16.7. The molecule has 28 heavy (non-hydrogen) atoms. The standard InChI is InChI=1S/C20H28ClN3O4/c1-4-14(2)17(22-18(25)15-6-8-16(21)9-7-15)19(26)23-10-5-11-24(13-12-23)20(27)28-3/h6-9,14,17H,4-5,10-13H2,1-3H3,(H,22,25). The number of hydrogen-bond acceptors (Lipinski definition) is 4. The van der Waals surface area contributed by atoms with Crippen LogP contribution in [0.5, 0.6) is 0 Å². The van der Waals surface area contributed by atoms with E-state index in [1.807, 2.05) is 13.8 Å². The highest BCUT2D eigenvalue weighted by atomic mass is 35.5. The Bertz CT molecular complexity index is 695. The molecular weight excluding hydrogens is 382 g/mol. The first kappa shape index (κ1) is 22.0. The van der Waals surface area contributed by atoms with E-state index in [4.69, 9.17) is 16.3 Å². The number of carbonyl (C=O) groups excluding carboxylic acids is 3. The number of hydrogen-bond donors (Lipinski definition) is 1. The van der Waals surface area contributed by atoms with Crippen LogP contribution in [0.4, 0.5) is 4.79 Å². The Morgan fingerprint density at radius 2 is 1.71 bits per heavy atom. The maximum Gasteiger partial charge on any atom is 0.409 e. The van der Waals surface area contributed by atoms with Crippen LogP contribution in [0, 0.1) is 5.92 Å². The fourth-order valence-corrected chi connectivity index (χ4v) is 3.28. The summed E-state index contributed by atoms with van der Waals surface area (Å²) in [5.41, 5.74) is 0.457. The van der Waals surface area contributed by atoms with E-state index in [-0.39, 0.29) is 23.8 Å². The van der Waals surface area contributed by atoms with Gasteiger partial charge in [0.15, 0.2) is 0 Å². The molecule has 0 aromatic heterocycles. The highest BCUT2D eigenvalue weighted by Crippen LogP contribution is 2.15. The Kier molecular flexibility index (Phi) is 8.11. The maximum absolute atomic E-state index is 13.2. The van der Waals surface area contributed by atoms with E-state index in [1.54, 1.807) is 34.1 Å². The van der Waals surface area contributed by atoms with Gasteiger partial charge in [0, 0.05) is 36.8 Å². The van der Waals surface area contributed by atoms with Crippen molar-refractivity contribution in [2.45, 2.75) is 32.7 Å². The molecule has 1 N–H and O–H groups in total. The lowest BCUT2D eigenvalue weighted by atomic mass is 9.97. The van der Waals surface area contributed by atoms with E-state index >= 15 is 0 Å². The Labute approximate surface area is 171 Å². The number of halogens is 1. The van der Waals surface area contributed by atoms with E-state index in [0.717, 1.165) is 6.42 Å². The first-order valence-corrected chi connectivity index (χ1v) is 9.93. The lowest BCUT2D eigenvalue weighted by Crippen LogP contribution is -2.52. The minimum atomic E-state index is -0.627. The van der Waals surface area contributed by atoms with Crippen LogP contribution in [-0.4, -0.2) is 67.0 Å². The summed E-state index contributed by atoms with van der Waals surface area (Å²) < 4.78 is 4.77. The SMILES string of the molecule is CCC(C)C(NC(=O)c1ccc(Cl)cc1)C(=O)N1CCCN(C(=O)OC)CC1. The minimum Gasteiger partial charge on any atom is -0.453 e. The average Bonchev–Trinajstić information content (AvgIpc) is 2.97. The highest BCUT2D eigenvalue weighted by Gasteiger charge is 2.31. The quantitative estimate of drug-likeness (QED) is 0.811. The summed E-state index contributed by atoms with van der Waals surface area (Å²) in [6.45, 7) is 5.84. The number of amides is 3. The number of benzene rings is 1. The van der Waals surface area contributed by atoms with Gasteiger partial charge in [-0.05, 0) is 36.6 Å². The number of nitrogens with zero attached hydrogens (tertiary/aromatic N) is 2. The van der Waals surface area contributed by atoms with Crippen LogP contribution >= 0.6 is 11.6 Å². The Balaban J connectivity index is 2.09. The van der Waals surface area contributed by atoms with E-state index in [1.165, 1.54) is 7.11 Å². The molecule has 0 bridgehead atoms. The van der Waals surface area contributed by atoms with E-state index < -0.39 is 6.04 Å². The van der Waals surface area contributed by atoms with Gasteiger partial charge in [-0.2, -0.15) is 0 Å². The van der Waals surface area contributed by atoms with Crippen molar-refractivity contribution in [1.82, 2.24) is 15.1 Å². The summed E-state index contributed by atoms with van der Waals surface area (Å²) in [5, 5.41) is 3.43. The van der Waals surface area contributed by atoms with Crippen molar-refractivity contribution in [2.24, 2.45) is 5.92 Å². The molecule has 1 aromatic carbocycles. The van der Waals surface area contributed by atoms with Crippen molar-refractivity contribution in [3.8, 4) is 0 Å². The fraction of sp³-hybridized carbons (Fsp3) is 0.550. The number of nitrogens with one attached hydrogen (secondary N) is 1. The molecule has 1 saturated heterocycles. The Morgan fingerprint density at radius 3 is 2.32 bits per heavy atom. The number of carbonyl (C=O) groups is 3. The van der Waals surface area contributed by atoms with Crippen LogP contribution in [0.15, 0.2) is 24.3 Å². The molecule has 1 aliphatic rings. The molecule has 3 amide bonds. The van der Waals surface area contributed by atoms with Crippen LogP contribution in [-0.2, 0) is 9.53 Å². The molecule has 154 valence electrons. The van der Waals surface area contributed by atoms with Gasteiger partial charge in [0.2, 0.25) is 5.91 Å². The van der Waals surface area contributed by atoms with E-state index in [2.05, 4.69) is 5.32 Å². The van der Waals surface area contributed by atoms with Crippen LogP contribution in [0.1, 0.15) is 37.0 Å². The summed E-state index contributed by atoms with van der Waals surface area (Å²) in [6.07, 6.45) is 1.03. The zero-order valence-electron chi connectivity index (χ0n) is 16.6. The second kappa shape index (κ2) is 10.3. The topological polar surface area (TPSA) is 79.0 Å². The second-order valence-corrected chi connectivity index (χ2v) is 7.42. The van der Waals surface area contributed by atoms with Crippen molar-refractivity contribution in [3.05, 3.63) is 34.9 Å². The van der Waals surface area contributed by atoms with Crippen LogP contribution in [0.25, 0.3) is 0 Å². The number of ether oxygens (including phenoxy) is 1. The second-order valence-electron chi connectivity index (χ2n) is 6.98. The summed E-state index contributed by atoms with van der Waals surface area (Å²) in [7, 11) is 1.35. The average molecular weight is 410 g/mol. The van der Waals surface area contributed by atoms with Crippen molar-refractivity contribution < 1.29 is 19.1 Å². The first-order valence-electron chi connectivity index (χ1n) is 9.55. The number of rotatable bonds is 5. The molecule has 0 aliphatic carbocycles. The third-order valence-corrected chi connectivity index (χ3v) is 5.36. The number of methoxy groups -OCH3 is 1. The van der Waals surface area contributed by atoms with Gasteiger partial charge >= 0.3 is 6.09 Å². The van der Waals surface area contributed by atoms with Gasteiger partial charge in [-0.15, -0.1) is 0 Å². The third-order valence-electron chi connectivity index (χ3n) is 5.11. The molecule has 2 rings (SSSR count). The minimum absolute atomic E-state index is 0.0243. The van der Waals surface area contributed by atoms with Gasteiger partial charge < -0.3 is 19.9 Å². The molecule has 1 heterocycles. The van der Waals surface area contributed by atoms with Crippen LogP contribution in [0.2, 0.25) is 5.02 Å². The molecule has 7 nitrogen and oxygen atoms in total. The molecule has 8 heteroatoms. The van der Waals surface area contributed by atoms with E-state index in [9.17, 15) is 14.4 Å². The molecule has 1 aliphatic heterocycles. The molecule has 1 aromatic rings. The van der Waals surface area contributed by atoms with Gasteiger partial charge in [-0.25, -0.2) is 4.79 Å². The van der Waals surface area contributed by atoms with Crippen LogP contribution < -0.4 is 5.32 Å². The molecule has 0 spiro atoms. The predicted molar refractivity (Wildman–Crippen MR) is 107 cm³/mol. The molecule has 2 unspecified atom stereocenters. The van der Waals surface area contributed by atoms with Gasteiger partial charge in [-0.3, -0.25) is 9.59 Å². The molecule has 1 fully saturated rings. The molecular formula is C20H28ClN3O4. The van der Waals surface area contributed by atoms with Crippen molar-refractivity contribution in [2.75, 3.05) is 33.3 Å². The monoisotopic (exact) mass is 409 g/mol. The van der Waals surface area contributed by atoms with Gasteiger partial charge in [-0.1, -0.05) is 31.9 Å².